The molecule has 0 bridgehead atoms. The molecule has 0 radical (unpaired) electrons. The number of carbonyl (C=O) groups is 2. The Morgan fingerprint density at radius 3 is 2.86 bits per heavy atom. The van der Waals surface area contributed by atoms with Crippen LogP contribution in [0.1, 0.15) is 24.7 Å². The number of imidazole rings is 1. The van der Waals surface area contributed by atoms with Crippen molar-refractivity contribution in [2.24, 2.45) is 0 Å². The van der Waals surface area contributed by atoms with Crippen molar-refractivity contribution < 1.29 is 19.1 Å². The zero-order valence-corrected chi connectivity index (χ0v) is 20.2. The van der Waals surface area contributed by atoms with Crippen molar-refractivity contribution in [3.8, 4) is 16.9 Å². The molecule has 1 aliphatic rings. The zero-order chi connectivity index (χ0) is 24.5. The van der Waals surface area contributed by atoms with Gasteiger partial charge in [0, 0.05) is 22.5 Å². The zero-order valence-electron chi connectivity index (χ0n) is 19.5. The van der Waals surface area contributed by atoms with E-state index in [-0.39, 0.29) is 12.5 Å². The molecular formula is C26H25ClN4O4. The summed E-state index contributed by atoms with van der Waals surface area (Å²) in [4.78, 5) is 33.8. The van der Waals surface area contributed by atoms with Crippen LogP contribution in [0, 0.1) is 0 Å². The van der Waals surface area contributed by atoms with Crippen LogP contribution in [0.2, 0.25) is 5.02 Å². The maximum atomic E-state index is 12.7. The third-order valence-corrected chi connectivity index (χ3v) is 6.35. The second kappa shape index (κ2) is 9.46. The predicted octanol–water partition coefficient (Wildman–Crippen LogP) is 5.02. The number of alkyl carbamates (subject to hydrolysis) is 1. The van der Waals surface area contributed by atoms with Crippen LogP contribution in [0.4, 0.5) is 4.79 Å². The van der Waals surface area contributed by atoms with Gasteiger partial charge in [0.05, 0.1) is 24.7 Å². The van der Waals surface area contributed by atoms with Crippen LogP contribution in [-0.2, 0) is 22.7 Å². The normalized spacial score (nSPS) is 12.1. The number of aromatic amines is 1. The number of carbonyl (C=O) groups excluding carboxylic acids is 2. The molecule has 2 amide bonds. The van der Waals surface area contributed by atoms with E-state index in [1.807, 2.05) is 37.3 Å². The molecule has 35 heavy (non-hydrogen) atoms. The first-order valence-corrected chi connectivity index (χ1v) is 11.8. The number of hydrogen-bond donors (Lipinski definition) is 2. The molecule has 2 heterocycles. The number of halogens is 1. The summed E-state index contributed by atoms with van der Waals surface area (Å²) in [5, 5.41) is 5.16. The molecule has 5 rings (SSSR count). The number of hydrogen-bond acceptors (Lipinski definition) is 5. The molecular weight excluding hydrogens is 468 g/mol. The molecule has 0 aliphatic carbocycles. The van der Waals surface area contributed by atoms with E-state index < -0.39 is 6.09 Å². The van der Waals surface area contributed by atoms with E-state index >= 15 is 0 Å². The number of benzene rings is 3. The third-order valence-electron chi connectivity index (χ3n) is 6.11. The summed E-state index contributed by atoms with van der Waals surface area (Å²) in [7, 11) is 1.26. The predicted molar refractivity (Wildman–Crippen MR) is 134 cm³/mol. The van der Waals surface area contributed by atoms with Gasteiger partial charge in [-0.05, 0) is 53.3 Å². The molecule has 0 fully saturated rings. The summed E-state index contributed by atoms with van der Waals surface area (Å²) in [5.74, 6) is 1.27. The van der Waals surface area contributed by atoms with Gasteiger partial charge in [-0.3, -0.25) is 4.79 Å². The maximum absolute atomic E-state index is 12.7. The lowest BCUT2D eigenvalue weighted by Gasteiger charge is -2.21. The summed E-state index contributed by atoms with van der Waals surface area (Å²) in [5.41, 5.74) is 4.92. The number of nitrogens with zero attached hydrogens (tertiary/aromatic N) is 2. The summed E-state index contributed by atoms with van der Waals surface area (Å²) in [6.07, 6.45) is 0.143. The Balaban J connectivity index is 1.47. The first-order valence-electron chi connectivity index (χ1n) is 11.4. The van der Waals surface area contributed by atoms with Gasteiger partial charge in [0.15, 0.2) is 0 Å². The smallest absolute Gasteiger partial charge is 0.407 e. The van der Waals surface area contributed by atoms with Crippen LogP contribution in [0.25, 0.3) is 32.9 Å². The molecule has 4 aromatic rings. The van der Waals surface area contributed by atoms with Gasteiger partial charge in [-0.1, -0.05) is 30.7 Å². The van der Waals surface area contributed by atoms with E-state index in [0.29, 0.717) is 30.5 Å². The van der Waals surface area contributed by atoms with Crippen LogP contribution < -0.4 is 10.1 Å². The Hall–Kier alpha value is -3.78. The summed E-state index contributed by atoms with van der Waals surface area (Å²) >= 11 is 6.16. The molecule has 9 heteroatoms. The Morgan fingerprint density at radius 1 is 1.20 bits per heavy atom. The average molecular weight is 493 g/mol. The highest BCUT2D eigenvalue weighted by Crippen LogP contribution is 2.42. The van der Waals surface area contributed by atoms with Gasteiger partial charge >= 0.3 is 6.09 Å². The number of fused-ring (bicyclic) bond motifs is 6. The molecule has 180 valence electrons. The number of rotatable bonds is 6. The fourth-order valence-electron chi connectivity index (χ4n) is 4.46. The van der Waals surface area contributed by atoms with Crippen LogP contribution >= 0.6 is 11.6 Å². The lowest BCUT2D eigenvalue weighted by molar-refractivity contribution is -0.130. The van der Waals surface area contributed by atoms with Gasteiger partial charge in [0.2, 0.25) is 5.91 Å². The number of methoxy groups -OCH3 is 1. The average Bonchev–Trinajstić information content (AvgIpc) is 3.28. The Labute approximate surface area is 207 Å². The second-order valence-electron chi connectivity index (χ2n) is 8.47. The van der Waals surface area contributed by atoms with Gasteiger partial charge < -0.3 is 24.7 Å². The highest BCUT2D eigenvalue weighted by atomic mass is 35.5. The molecule has 0 saturated carbocycles. The molecule has 0 spiro atoms. The fraction of sp³-hybridized carbons (Fsp3) is 0.269. The van der Waals surface area contributed by atoms with Gasteiger partial charge in [0.25, 0.3) is 0 Å². The van der Waals surface area contributed by atoms with E-state index in [9.17, 15) is 9.59 Å². The second-order valence-corrected chi connectivity index (χ2v) is 8.90. The minimum atomic E-state index is -0.638. The quantitative estimate of drug-likeness (QED) is 0.394. The van der Waals surface area contributed by atoms with Crippen molar-refractivity contribution in [1.82, 2.24) is 20.2 Å². The van der Waals surface area contributed by atoms with Crippen molar-refractivity contribution in [3.05, 3.63) is 58.9 Å². The third kappa shape index (κ3) is 4.49. The number of ether oxygens (including phenoxy) is 2. The first-order chi connectivity index (χ1) is 17.0. The van der Waals surface area contributed by atoms with Crippen LogP contribution in [0.5, 0.6) is 5.75 Å². The first kappa shape index (κ1) is 23.0. The molecule has 8 nitrogen and oxygen atoms in total. The summed E-state index contributed by atoms with van der Waals surface area (Å²) < 4.78 is 10.6. The van der Waals surface area contributed by atoms with Gasteiger partial charge in [-0.2, -0.15) is 0 Å². The Bertz CT molecular complexity index is 1450. The van der Waals surface area contributed by atoms with Gasteiger partial charge in [-0.15, -0.1) is 0 Å². The van der Waals surface area contributed by atoms with Crippen LogP contribution in [0.3, 0.4) is 0 Å². The van der Waals surface area contributed by atoms with E-state index in [1.54, 1.807) is 4.90 Å². The highest BCUT2D eigenvalue weighted by Gasteiger charge is 2.21. The van der Waals surface area contributed by atoms with Gasteiger partial charge in [-0.25, -0.2) is 9.78 Å². The molecule has 1 aromatic heterocycles. The molecule has 1 aliphatic heterocycles. The Morgan fingerprint density at radius 2 is 2.06 bits per heavy atom. The maximum Gasteiger partial charge on any atom is 0.407 e. The molecule has 0 unspecified atom stereocenters. The van der Waals surface area contributed by atoms with E-state index in [1.165, 1.54) is 7.11 Å². The molecule has 0 atom stereocenters. The summed E-state index contributed by atoms with van der Waals surface area (Å²) in [6, 6.07) is 14.1. The standard InChI is InChI=1S/C26H25ClN4O4/c1-3-8-31(24(32)12-28-26(33)34-2)13-23-29-21-7-4-15-10-20-18-6-5-17(27)9-16(18)14-35-22(20)11-19(15)25(21)30-23/h4-7,9-11H,3,8,12-14H2,1-2H3,(H,28,33)(H,29,30). The number of aromatic nitrogens is 2. The van der Waals surface area contributed by atoms with Crippen molar-refractivity contribution in [2.45, 2.75) is 26.5 Å². The minimum Gasteiger partial charge on any atom is -0.488 e. The lowest BCUT2D eigenvalue weighted by Crippen LogP contribution is -2.40. The van der Waals surface area contributed by atoms with Crippen molar-refractivity contribution in [2.75, 3.05) is 20.2 Å². The number of amides is 2. The topological polar surface area (TPSA) is 96.5 Å². The van der Waals surface area contributed by atoms with Gasteiger partial charge in [0.1, 0.15) is 24.7 Å². The summed E-state index contributed by atoms with van der Waals surface area (Å²) in [6.45, 7) is 3.18. The monoisotopic (exact) mass is 492 g/mol. The highest BCUT2D eigenvalue weighted by molar-refractivity contribution is 6.30. The Kier molecular flexibility index (Phi) is 6.21. The molecule has 0 saturated heterocycles. The number of nitrogens with one attached hydrogen (secondary N) is 2. The van der Waals surface area contributed by atoms with Crippen molar-refractivity contribution in [3.63, 3.8) is 0 Å². The minimum absolute atomic E-state index is 0.133. The van der Waals surface area contributed by atoms with E-state index in [0.717, 1.165) is 50.7 Å². The van der Waals surface area contributed by atoms with Crippen molar-refractivity contribution in [1.29, 1.82) is 0 Å². The van der Waals surface area contributed by atoms with Crippen molar-refractivity contribution >= 4 is 45.4 Å². The largest absolute Gasteiger partial charge is 0.488 e. The van der Waals surface area contributed by atoms with E-state index in [4.69, 9.17) is 21.3 Å². The van der Waals surface area contributed by atoms with Crippen LogP contribution in [-0.4, -0.2) is 47.1 Å². The van der Waals surface area contributed by atoms with Crippen LogP contribution in [0.15, 0.2) is 42.5 Å². The SMILES string of the molecule is CCCN(Cc1nc2c(ccc3cc4c(cc32)OCc2cc(Cl)ccc2-4)[nH]1)C(=O)CNC(=O)OC. The lowest BCUT2D eigenvalue weighted by atomic mass is 9.94. The number of H-pyrrole nitrogens is 1. The van der Waals surface area contributed by atoms with E-state index in [2.05, 4.69) is 27.2 Å². The molecule has 2 N–H and O–H groups in total. The molecule has 3 aromatic carbocycles. The fourth-order valence-corrected chi connectivity index (χ4v) is 4.65.